The molecule has 0 spiro atoms. The van der Waals surface area contributed by atoms with Gasteiger partial charge in [0, 0.05) is 16.1 Å². The topological polar surface area (TPSA) is 67.4 Å². The van der Waals surface area contributed by atoms with Crippen molar-refractivity contribution in [1.82, 2.24) is 0 Å². The van der Waals surface area contributed by atoms with Crippen LogP contribution in [0.3, 0.4) is 0 Å². The number of carbonyl (C=O) groups excluding carboxylic acids is 2. The lowest BCUT2D eigenvalue weighted by molar-refractivity contribution is -0.137. The third-order valence-electron chi connectivity index (χ3n) is 4.70. The summed E-state index contributed by atoms with van der Waals surface area (Å²) in [6.45, 7) is 1.63. The Morgan fingerprint density at radius 2 is 1.62 bits per heavy atom. The molecule has 5 nitrogen and oxygen atoms in total. The number of hydrogen-bond acceptors (Lipinski definition) is 4. The molecule has 0 aliphatic carbocycles. The molecule has 2 N–H and O–H groups in total. The molecule has 34 heavy (non-hydrogen) atoms. The highest BCUT2D eigenvalue weighted by Gasteiger charge is 2.31. The van der Waals surface area contributed by atoms with Gasteiger partial charge in [0.05, 0.1) is 28.6 Å². The van der Waals surface area contributed by atoms with Crippen LogP contribution in [0.25, 0.3) is 0 Å². The summed E-state index contributed by atoms with van der Waals surface area (Å²) in [5, 5.41) is 4.62. The lowest BCUT2D eigenvalue weighted by Gasteiger charge is -2.15. The first-order chi connectivity index (χ1) is 16.1. The van der Waals surface area contributed by atoms with Crippen molar-refractivity contribution in [2.45, 2.75) is 23.2 Å². The van der Waals surface area contributed by atoms with Crippen molar-refractivity contribution in [3.63, 3.8) is 0 Å². The van der Waals surface area contributed by atoms with Crippen molar-refractivity contribution < 1.29 is 27.5 Å². The van der Waals surface area contributed by atoms with Crippen LogP contribution in [0.2, 0.25) is 5.02 Å². The second-order valence-corrected chi connectivity index (χ2v) is 8.97. The summed E-state index contributed by atoms with van der Waals surface area (Å²) < 4.78 is 43.9. The largest absolute Gasteiger partial charge is 0.497 e. The van der Waals surface area contributed by atoms with E-state index in [2.05, 4.69) is 10.6 Å². The Kier molecular flexibility index (Phi) is 8.11. The third kappa shape index (κ3) is 6.68. The van der Waals surface area contributed by atoms with Crippen LogP contribution in [0.15, 0.2) is 71.6 Å². The van der Waals surface area contributed by atoms with E-state index in [1.807, 2.05) is 0 Å². The Bertz CT molecular complexity index is 1170. The van der Waals surface area contributed by atoms with Gasteiger partial charge in [-0.15, -0.1) is 11.8 Å². The smallest absolute Gasteiger partial charge is 0.416 e. The van der Waals surface area contributed by atoms with Gasteiger partial charge >= 0.3 is 6.18 Å². The van der Waals surface area contributed by atoms with Crippen LogP contribution in [-0.4, -0.2) is 24.2 Å². The highest BCUT2D eigenvalue weighted by atomic mass is 35.5. The number of ether oxygens (including phenoxy) is 1. The van der Waals surface area contributed by atoms with E-state index in [1.165, 1.54) is 11.8 Å². The predicted octanol–water partition coefficient (Wildman–Crippen LogP) is 6.74. The zero-order valence-electron chi connectivity index (χ0n) is 18.1. The number of rotatable bonds is 7. The van der Waals surface area contributed by atoms with Gasteiger partial charge in [0.25, 0.3) is 5.91 Å². The number of nitrogens with one attached hydrogen (secondary N) is 2. The summed E-state index contributed by atoms with van der Waals surface area (Å²) in [6.07, 6.45) is -4.55. The van der Waals surface area contributed by atoms with Crippen molar-refractivity contribution in [3.05, 3.63) is 82.9 Å². The van der Waals surface area contributed by atoms with E-state index in [-0.39, 0.29) is 16.6 Å². The van der Waals surface area contributed by atoms with E-state index in [1.54, 1.807) is 62.6 Å². The highest BCUT2D eigenvalue weighted by Crippen LogP contribution is 2.34. The normalized spacial score (nSPS) is 12.1. The van der Waals surface area contributed by atoms with E-state index >= 15 is 0 Å². The number of amides is 2. The fourth-order valence-electron chi connectivity index (χ4n) is 2.85. The first kappa shape index (κ1) is 25.5. The second-order valence-electron chi connectivity index (χ2n) is 7.15. The molecular weight excluding hydrogens is 489 g/mol. The maximum Gasteiger partial charge on any atom is 0.416 e. The molecule has 0 aliphatic rings. The van der Waals surface area contributed by atoms with Gasteiger partial charge in [-0.25, -0.2) is 0 Å². The predicted molar refractivity (Wildman–Crippen MR) is 128 cm³/mol. The second kappa shape index (κ2) is 10.8. The summed E-state index contributed by atoms with van der Waals surface area (Å²) in [5.41, 5.74) is 0.0288. The Balaban J connectivity index is 1.59. The molecule has 1 atom stereocenters. The molecule has 2 amide bonds. The summed E-state index contributed by atoms with van der Waals surface area (Å²) >= 11 is 7.15. The number of carbonyl (C=O) groups is 2. The van der Waals surface area contributed by atoms with Crippen molar-refractivity contribution in [3.8, 4) is 5.75 Å². The molecule has 0 fully saturated rings. The highest BCUT2D eigenvalue weighted by molar-refractivity contribution is 8.00. The van der Waals surface area contributed by atoms with E-state index in [4.69, 9.17) is 16.3 Å². The Morgan fingerprint density at radius 1 is 0.971 bits per heavy atom. The van der Waals surface area contributed by atoms with Gasteiger partial charge in [-0.1, -0.05) is 11.6 Å². The molecule has 0 aromatic heterocycles. The molecule has 3 aromatic carbocycles. The molecule has 1 unspecified atom stereocenters. The molecule has 0 aliphatic heterocycles. The first-order valence-corrected chi connectivity index (χ1v) is 11.2. The minimum atomic E-state index is -4.55. The van der Waals surface area contributed by atoms with Gasteiger partial charge in [-0.05, 0) is 73.7 Å². The molecule has 0 radical (unpaired) electrons. The number of methoxy groups -OCH3 is 1. The van der Waals surface area contributed by atoms with Gasteiger partial charge < -0.3 is 15.4 Å². The number of thioether (sulfide) groups is 1. The van der Waals surface area contributed by atoms with E-state index in [0.717, 1.165) is 23.1 Å². The quantitative estimate of drug-likeness (QED) is 0.347. The number of halogens is 4. The van der Waals surface area contributed by atoms with Crippen LogP contribution < -0.4 is 15.4 Å². The van der Waals surface area contributed by atoms with Crippen LogP contribution in [0, 0.1) is 0 Å². The molecule has 0 bridgehead atoms. The zero-order chi connectivity index (χ0) is 24.9. The molecule has 0 saturated carbocycles. The van der Waals surface area contributed by atoms with Gasteiger partial charge in [-0.3, -0.25) is 9.59 Å². The lowest BCUT2D eigenvalue weighted by Crippen LogP contribution is -2.22. The molecule has 10 heteroatoms. The van der Waals surface area contributed by atoms with Crippen molar-refractivity contribution >= 4 is 46.6 Å². The van der Waals surface area contributed by atoms with Crippen molar-refractivity contribution in [1.29, 1.82) is 0 Å². The SMILES string of the molecule is COc1ccc(C(=O)Nc2ccc(SC(C)C(=O)Nc3cc(C(F)(F)F)ccc3Cl)cc2)cc1. The molecule has 0 heterocycles. The van der Waals surface area contributed by atoms with E-state index in [0.29, 0.717) is 17.0 Å². The first-order valence-electron chi connectivity index (χ1n) is 9.96. The minimum absolute atomic E-state index is 0.00973. The van der Waals surface area contributed by atoms with Gasteiger partial charge in [0.15, 0.2) is 0 Å². The summed E-state index contributed by atoms with van der Waals surface area (Å²) in [6, 6.07) is 16.3. The standard InChI is InChI=1S/C24H20ClF3N2O3S/c1-14(22(31)30-21-13-16(24(26,27)28)5-12-20(21)25)34-19-10-6-17(7-11-19)29-23(32)15-3-8-18(33-2)9-4-15/h3-14H,1-2H3,(H,29,32)(H,30,31). The van der Waals surface area contributed by atoms with Gasteiger partial charge in [-0.2, -0.15) is 13.2 Å². The average Bonchev–Trinajstić information content (AvgIpc) is 2.81. The number of hydrogen-bond donors (Lipinski definition) is 2. The zero-order valence-corrected chi connectivity index (χ0v) is 19.6. The average molecular weight is 509 g/mol. The van der Waals surface area contributed by atoms with E-state index < -0.39 is 22.9 Å². The van der Waals surface area contributed by atoms with Crippen LogP contribution in [-0.2, 0) is 11.0 Å². The van der Waals surface area contributed by atoms with Crippen LogP contribution in [0.4, 0.5) is 24.5 Å². The molecular formula is C24H20ClF3N2O3S. The number of alkyl halides is 3. The molecule has 0 saturated heterocycles. The van der Waals surface area contributed by atoms with Crippen LogP contribution >= 0.6 is 23.4 Å². The van der Waals surface area contributed by atoms with Gasteiger partial charge in [0.1, 0.15) is 5.75 Å². The van der Waals surface area contributed by atoms with Crippen molar-refractivity contribution in [2.75, 3.05) is 17.7 Å². The van der Waals surface area contributed by atoms with Crippen LogP contribution in [0.1, 0.15) is 22.8 Å². The van der Waals surface area contributed by atoms with Gasteiger partial charge in [0.2, 0.25) is 5.91 Å². The molecule has 3 rings (SSSR count). The maximum absolute atomic E-state index is 12.9. The third-order valence-corrected chi connectivity index (χ3v) is 6.14. The number of anilines is 2. The monoisotopic (exact) mass is 508 g/mol. The minimum Gasteiger partial charge on any atom is -0.497 e. The molecule has 178 valence electrons. The lowest BCUT2D eigenvalue weighted by atomic mass is 10.2. The summed E-state index contributed by atoms with van der Waals surface area (Å²) in [7, 11) is 1.54. The Hall–Kier alpha value is -3.17. The maximum atomic E-state index is 12.9. The van der Waals surface area contributed by atoms with E-state index in [9.17, 15) is 22.8 Å². The fraction of sp³-hybridized carbons (Fsp3) is 0.167. The Morgan fingerprint density at radius 3 is 2.21 bits per heavy atom. The number of benzene rings is 3. The molecule has 3 aromatic rings. The summed E-state index contributed by atoms with van der Waals surface area (Å²) in [4.78, 5) is 25.6. The Labute approximate surface area is 203 Å². The fourth-order valence-corrected chi connectivity index (χ4v) is 3.88. The summed E-state index contributed by atoms with van der Waals surface area (Å²) in [5.74, 6) is -0.136. The van der Waals surface area contributed by atoms with Crippen LogP contribution in [0.5, 0.6) is 5.75 Å². The van der Waals surface area contributed by atoms with Crippen molar-refractivity contribution in [2.24, 2.45) is 0 Å².